The third-order valence-electron chi connectivity index (χ3n) is 5.33. The van der Waals surface area contributed by atoms with Crippen molar-refractivity contribution in [3.63, 3.8) is 0 Å². The highest BCUT2D eigenvalue weighted by molar-refractivity contribution is 5.68. The number of ether oxygens (including phenoxy) is 1. The number of carbonyl (C=O) groups excluding carboxylic acids is 1. The van der Waals surface area contributed by atoms with Gasteiger partial charge in [-0.3, -0.25) is 0 Å². The number of hydrogen-bond acceptors (Lipinski definition) is 3. The second-order valence-corrected chi connectivity index (χ2v) is 7.51. The lowest BCUT2D eigenvalue weighted by Gasteiger charge is -2.53. The van der Waals surface area contributed by atoms with Crippen LogP contribution in [0.25, 0.3) is 0 Å². The van der Waals surface area contributed by atoms with E-state index in [1.54, 1.807) is 0 Å². The van der Waals surface area contributed by atoms with Crippen LogP contribution in [0.1, 0.15) is 46.0 Å². The normalized spacial score (nSPS) is 40.3. The van der Waals surface area contributed by atoms with Gasteiger partial charge in [0.2, 0.25) is 0 Å². The van der Waals surface area contributed by atoms with Crippen LogP contribution in [0, 0.1) is 23.7 Å². The third-order valence-corrected chi connectivity index (χ3v) is 5.33. The monoisotopic (exact) mass is 266 g/mol. The molecule has 108 valence electrons. The number of amides is 1. The van der Waals surface area contributed by atoms with Gasteiger partial charge in [-0.25, -0.2) is 4.79 Å². The average molecular weight is 266 g/mol. The van der Waals surface area contributed by atoms with Crippen molar-refractivity contribution in [2.75, 3.05) is 6.54 Å². The van der Waals surface area contributed by atoms with E-state index in [1.165, 1.54) is 32.1 Å². The first-order chi connectivity index (χ1) is 8.97. The zero-order valence-corrected chi connectivity index (χ0v) is 12.0. The van der Waals surface area contributed by atoms with Crippen molar-refractivity contribution in [2.45, 2.75) is 57.6 Å². The van der Waals surface area contributed by atoms with Crippen LogP contribution in [0.4, 0.5) is 4.79 Å². The summed E-state index contributed by atoms with van der Waals surface area (Å²) in [4.78, 5) is 12.0. The average Bonchev–Trinajstić information content (AvgIpc) is 2.32. The van der Waals surface area contributed by atoms with Crippen molar-refractivity contribution < 1.29 is 9.53 Å². The number of hydrogen-bond donors (Lipinski definition) is 2. The van der Waals surface area contributed by atoms with Gasteiger partial charge >= 0.3 is 6.09 Å². The van der Waals surface area contributed by atoms with E-state index in [4.69, 9.17) is 10.5 Å². The standard InChI is InChI=1S/C15H26N2O2/c1-15(2,8-16)17-14(18)19-13-11-4-9-3-10(6-11)7-12(13)5-9/h9-13H,3-8,16H2,1-2H3,(H,17,18). The molecule has 4 rings (SSSR count). The van der Waals surface area contributed by atoms with Crippen LogP contribution in [-0.4, -0.2) is 24.3 Å². The first-order valence-electron chi connectivity index (χ1n) is 7.65. The number of nitrogens with one attached hydrogen (secondary N) is 1. The number of rotatable bonds is 3. The molecule has 19 heavy (non-hydrogen) atoms. The molecule has 4 saturated carbocycles. The van der Waals surface area contributed by atoms with Crippen LogP contribution in [0.3, 0.4) is 0 Å². The molecule has 4 fully saturated rings. The van der Waals surface area contributed by atoms with E-state index in [2.05, 4.69) is 5.32 Å². The summed E-state index contributed by atoms with van der Waals surface area (Å²) in [6.45, 7) is 4.26. The van der Waals surface area contributed by atoms with Crippen molar-refractivity contribution in [3.8, 4) is 0 Å². The smallest absolute Gasteiger partial charge is 0.407 e. The molecule has 0 aromatic heterocycles. The SMILES string of the molecule is CC(C)(CN)NC(=O)OC1C2CC3CC(C2)CC1C3. The zero-order valence-electron chi connectivity index (χ0n) is 12.0. The van der Waals surface area contributed by atoms with Gasteiger partial charge in [0.05, 0.1) is 0 Å². The number of nitrogens with two attached hydrogens (primary N) is 1. The summed E-state index contributed by atoms with van der Waals surface area (Å²) in [5, 5.41) is 2.88. The van der Waals surface area contributed by atoms with Crippen LogP contribution < -0.4 is 11.1 Å². The Balaban J connectivity index is 1.60. The Bertz CT molecular complexity index is 339. The Morgan fingerprint density at radius 3 is 2.16 bits per heavy atom. The van der Waals surface area contributed by atoms with E-state index in [0.717, 1.165) is 11.8 Å². The lowest BCUT2D eigenvalue weighted by atomic mass is 9.55. The second-order valence-electron chi connectivity index (χ2n) is 7.51. The summed E-state index contributed by atoms with van der Waals surface area (Å²) in [5.74, 6) is 3.04. The van der Waals surface area contributed by atoms with E-state index < -0.39 is 0 Å². The maximum Gasteiger partial charge on any atom is 0.407 e. The van der Waals surface area contributed by atoms with Gasteiger partial charge in [-0.05, 0) is 69.6 Å². The van der Waals surface area contributed by atoms with Crippen molar-refractivity contribution in [3.05, 3.63) is 0 Å². The molecule has 3 N–H and O–H groups in total. The third kappa shape index (κ3) is 2.60. The van der Waals surface area contributed by atoms with E-state index >= 15 is 0 Å². The molecule has 0 unspecified atom stereocenters. The Kier molecular flexibility index (Phi) is 3.24. The fourth-order valence-electron chi connectivity index (χ4n) is 4.55. The molecule has 4 heteroatoms. The van der Waals surface area contributed by atoms with Gasteiger partial charge in [-0.15, -0.1) is 0 Å². The fourth-order valence-corrected chi connectivity index (χ4v) is 4.55. The summed E-state index contributed by atoms with van der Waals surface area (Å²) in [6, 6.07) is 0. The molecule has 0 aromatic rings. The predicted molar refractivity (Wildman–Crippen MR) is 73.6 cm³/mol. The van der Waals surface area contributed by atoms with E-state index in [-0.39, 0.29) is 17.7 Å². The molecular formula is C15H26N2O2. The Morgan fingerprint density at radius 1 is 1.16 bits per heavy atom. The maximum atomic E-state index is 12.0. The maximum absolute atomic E-state index is 12.0. The first kappa shape index (κ1) is 13.2. The minimum Gasteiger partial charge on any atom is -0.446 e. The van der Waals surface area contributed by atoms with Gasteiger partial charge in [0.15, 0.2) is 0 Å². The fraction of sp³-hybridized carbons (Fsp3) is 0.933. The second kappa shape index (κ2) is 4.65. The summed E-state index contributed by atoms with van der Waals surface area (Å²) in [6.07, 6.45) is 6.37. The molecule has 0 spiro atoms. The molecule has 4 aliphatic rings. The lowest BCUT2D eigenvalue weighted by molar-refractivity contribution is -0.0969. The van der Waals surface area contributed by atoms with Crippen molar-refractivity contribution in [1.29, 1.82) is 0 Å². The lowest BCUT2D eigenvalue weighted by Crippen LogP contribution is -2.54. The zero-order chi connectivity index (χ0) is 13.6. The summed E-state index contributed by atoms with van der Waals surface area (Å²) in [5.41, 5.74) is 5.25. The molecule has 0 aromatic carbocycles. The predicted octanol–water partition coefficient (Wildman–Crippen LogP) is 2.27. The highest BCUT2D eigenvalue weighted by atomic mass is 16.6. The van der Waals surface area contributed by atoms with Crippen LogP contribution in [-0.2, 0) is 4.74 Å². The van der Waals surface area contributed by atoms with E-state index in [9.17, 15) is 4.79 Å². The van der Waals surface area contributed by atoms with Gasteiger partial charge in [-0.2, -0.15) is 0 Å². The van der Waals surface area contributed by atoms with Crippen LogP contribution >= 0.6 is 0 Å². The topological polar surface area (TPSA) is 64.3 Å². The molecule has 1 amide bonds. The Morgan fingerprint density at radius 2 is 1.68 bits per heavy atom. The first-order valence-corrected chi connectivity index (χ1v) is 7.65. The Labute approximate surface area is 115 Å². The molecule has 0 radical (unpaired) electrons. The van der Waals surface area contributed by atoms with Crippen molar-refractivity contribution in [2.24, 2.45) is 29.4 Å². The minimum absolute atomic E-state index is 0.154. The van der Waals surface area contributed by atoms with E-state index in [0.29, 0.717) is 18.4 Å². The largest absolute Gasteiger partial charge is 0.446 e. The van der Waals surface area contributed by atoms with Crippen LogP contribution in [0.2, 0.25) is 0 Å². The number of alkyl carbamates (subject to hydrolysis) is 1. The van der Waals surface area contributed by atoms with Crippen molar-refractivity contribution >= 4 is 6.09 Å². The summed E-state index contributed by atoms with van der Waals surface area (Å²) in [7, 11) is 0. The summed E-state index contributed by atoms with van der Waals surface area (Å²) >= 11 is 0. The van der Waals surface area contributed by atoms with Crippen LogP contribution in [0.15, 0.2) is 0 Å². The molecule has 4 aliphatic carbocycles. The highest BCUT2D eigenvalue weighted by Gasteiger charge is 2.50. The Hall–Kier alpha value is -0.770. The van der Waals surface area contributed by atoms with E-state index in [1.807, 2.05) is 13.8 Å². The molecule has 4 nitrogen and oxygen atoms in total. The summed E-state index contributed by atoms with van der Waals surface area (Å²) < 4.78 is 5.76. The van der Waals surface area contributed by atoms with Gasteiger partial charge in [0, 0.05) is 12.1 Å². The van der Waals surface area contributed by atoms with Gasteiger partial charge < -0.3 is 15.8 Å². The minimum atomic E-state index is -0.386. The molecular weight excluding hydrogens is 240 g/mol. The van der Waals surface area contributed by atoms with Gasteiger partial charge in [0.1, 0.15) is 6.10 Å². The van der Waals surface area contributed by atoms with Crippen LogP contribution in [0.5, 0.6) is 0 Å². The molecule has 4 bridgehead atoms. The quantitative estimate of drug-likeness (QED) is 0.823. The number of carbonyl (C=O) groups is 1. The van der Waals surface area contributed by atoms with Gasteiger partial charge in [-0.1, -0.05) is 0 Å². The molecule has 0 aliphatic heterocycles. The molecule has 0 heterocycles. The molecule has 0 atom stereocenters. The van der Waals surface area contributed by atoms with Gasteiger partial charge in [0.25, 0.3) is 0 Å². The molecule has 0 saturated heterocycles. The van der Waals surface area contributed by atoms with Crippen molar-refractivity contribution in [1.82, 2.24) is 5.32 Å². The highest BCUT2D eigenvalue weighted by Crippen LogP contribution is 2.54.